The minimum absolute atomic E-state index is 0.0485. The van der Waals surface area contributed by atoms with Crippen molar-refractivity contribution in [1.29, 1.82) is 0 Å². The van der Waals surface area contributed by atoms with Crippen molar-refractivity contribution in [3.05, 3.63) is 59.7 Å². The lowest BCUT2D eigenvalue weighted by atomic mass is 10.1. The Labute approximate surface area is 188 Å². The van der Waals surface area contributed by atoms with Crippen molar-refractivity contribution in [1.82, 2.24) is 10.6 Å². The van der Waals surface area contributed by atoms with Gasteiger partial charge < -0.3 is 20.7 Å². The molecule has 10 heteroatoms. The molecule has 0 aliphatic rings. The van der Waals surface area contributed by atoms with Crippen molar-refractivity contribution in [3.63, 3.8) is 0 Å². The van der Waals surface area contributed by atoms with E-state index >= 15 is 0 Å². The first-order chi connectivity index (χ1) is 13.6. The smallest absolute Gasteiger partial charge is 0.256 e. The van der Waals surface area contributed by atoms with Crippen LogP contribution in [0.2, 0.25) is 0 Å². The fourth-order valence-electron chi connectivity index (χ4n) is 2.33. The molecule has 154 valence electrons. The van der Waals surface area contributed by atoms with Gasteiger partial charge in [-0.05, 0) is 55.5 Å². The molecule has 2 aromatic rings. The number of hydrogen-bond donors (Lipinski definition) is 3. The van der Waals surface area contributed by atoms with Gasteiger partial charge in [-0.25, -0.2) is 0 Å². The molecule has 0 aromatic heterocycles. The number of alkyl halides is 3. The molecule has 2 rings (SSSR count). The van der Waals surface area contributed by atoms with Crippen LogP contribution in [-0.4, -0.2) is 33.9 Å². The maximum Gasteiger partial charge on any atom is 0.256 e. The minimum atomic E-state index is -1.90. The monoisotopic (exact) mass is 473 g/mol. The summed E-state index contributed by atoms with van der Waals surface area (Å²) in [6.45, 7) is 1.48. The van der Waals surface area contributed by atoms with Gasteiger partial charge in [0.1, 0.15) is 11.9 Å². The largest absolute Gasteiger partial charge is 0.496 e. The predicted octanol–water partition coefficient (Wildman–Crippen LogP) is 4.31. The van der Waals surface area contributed by atoms with Gasteiger partial charge in [0.2, 0.25) is 3.79 Å². The number of benzene rings is 2. The minimum Gasteiger partial charge on any atom is -0.496 e. The molecule has 0 aliphatic heterocycles. The molecule has 0 spiro atoms. The van der Waals surface area contributed by atoms with Crippen molar-refractivity contribution in [2.75, 3.05) is 12.4 Å². The van der Waals surface area contributed by atoms with Gasteiger partial charge in [0.05, 0.1) is 12.7 Å². The number of Topliss-reactive ketones (excluding diaryl/α,β-unsaturated/α-hetero) is 1. The van der Waals surface area contributed by atoms with Crippen molar-refractivity contribution in [2.24, 2.45) is 0 Å². The van der Waals surface area contributed by atoms with E-state index in [0.29, 0.717) is 17.0 Å². The van der Waals surface area contributed by atoms with Gasteiger partial charge >= 0.3 is 0 Å². The van der Waals surface area contributed by atoms with E-state index in [2.05, 4.69) is 16.0 Å². The van der Waals surface area contributed by atoms with Gasteiger partial charge in [0.15, 0.2) is 10.9 Å². The van der Waals surface area contributed by atoms with Crippen molar-refractivity contribution in [2.45, 2.75) is 16.9 Å². The van der Waals surface area contributed by atoms with Crippen LogP contribution in [0.25, 0.3) is 0 Å². The van der Waals surface area contributed by atoms with Gasteiger partial charge in [-0.15, -0.1) is 0 Å². The number of rotatable bonds is 6. The number of ether oxygens (including phenoxy) is 1. The van der Waals surface area contributed by atoms with E-state index in [0.717, 1.165) is 0 Å². The third-order valence-electron chi connectivity index (χ3n) is 3.78. The van der Waals surface area contributed by atoms with Crippen molar-refractivity contribution >= 4 is 69.5 Å². The summed E-state index contributed by atoms with van der Waals surface area (Å²) >= 11 is 23.3. The van der Waals surface area contributed by atoms with Crippen molar-refractivity contribution in [3.8, 4) is 5.75 Å². The molecule has 0 saturated heterocycles. The zero-order valence-corrected chi connectivity index (χ0v) is 18.5. The lowest BCUT2D eigenvalue weighted by Crippen LogP contribution is -2.56. The number of amides is 1. The molecule has 3 N–H and O–H groups in total. The van der Waals surface area contributed by atoms with Crippen LogP contribution in [0, 0.1) is 0 Å². The summed E-state index contributed by atoms with van der Waals surface area (Å²) < 4.78 is 3.28. The molecule has 29 heavy (non-hydrogen) atoms. The molecule has 2 aromatic carbocycles. The van der Waals surface area contributed by atoms with Crippen LogP contribution in [0.1, 0.15) is 27.6 Å². The van der Waals surface area contributed by atoms with E-state index in [4.69, 9.17) is 51.8 Å². The first kappa shape index (κ1) is 23.2. The van der Waals surface area contributed by atoms with Crippen LogP contribution in [0.5, 0.6) is 5.75 Å². The average molecular weight is 475 g/mol. The Balaban J connectivity index is 2.09. The second kappa shape index (κ2) is 10.1. The third kappa shape index (κ3) is 6.75. The predicted molar refractivity (Wildman–Crippen MR) is 120 cm³/mol. The van der Waals surface area contributed by atoms with Crippen LogP contribution in [0.4, 0.5) is 5.69 Å². The van der Waals surface area contributed by atoms with Gasteiger partial charge in [0.25, 0.3) is 5.91 Å². The number of ketones is 1. The van der Waals surface area contributed by atoms with E-state index in [-0.39, 0.29) is 16.5 Å². The third-order valence-corrected chi connectivity index (χ3v) is 4.65. The Morgan fingerprint density at radius 3 is 2.21 bits per heavy atom. The standard InChI is InChI=1S/C19H18Cl3N3O3S/c1-11(26)12-7-9-13(10-8-12)23-18(29)25-17(19(20,21)22)24-16(27)14-5-3-4-6-15(14)28-2/h3-10,17H,1-2H3,(H,24,27)(H2,23,25,29)/t17-/m0/s1. The maximum absolute atomic E-state index is 12.6. The van der Waals surface area contributed by atoms with Crippen LogP contribution < -0.4 is 20.7 Å². The molecule has 0 saturated carbocycles. The summed E-state index contributed by atoms with van der Waals surface area (Å²) in [5, 5.41) is 8.37. The Bertz CT molecular complexity index is 902. The molecule has 0 radical (unpaired) electrons. The van der Waals surface area contributed by atoms with E-state index < -0.39 is 15.9 Å². The molecule has 0 bridgehead atoms. The van der Waals surface area contributed by atoms with Crippen LogP contribution in [0.3, 0.4) is 0 Å². The van der Waals surface area contributed by atoms with Gasteiger partial charge in [0, 0.05) is 11.3 Å². The number of carbonyl (C=O) groups excluding carboxylic acids is 2. The molecular formula is C19H18Cl3N3O3S. The highest BCUT2D eigenvalue weighted by atomic mass is 35.6. The van der Waals surface area contributed by atoms with E-state index in [1.54, 1.807) is 48.5 Å². The molecule has 6 nitrogen and oxygen atoms in total. The van der Waals surface area contributed by atoms with Crippen LogP contribution in [0.15, 0.2) is 48.5 Å². The SMILES string of the molecule is COc1ccccc1C(=O)N[C@@H](NC(=S)Nc1ccc(C(C)=O)cc1)C(Cl)(Cl)Cl. The normalized spacial score (nSPS) is 11.9. The Morgan fingerprint density at radius 1 is 1.03 bits per heavy atom. The Kier molecular flexibility index (Phi) is 8.10. The number of para-hydroxylation sites is 1. The lowest BCUT2D eigenvalue weighted by Gasteiger charge is -2.28. The fourth-order valence-corrected chi connectivity index (χ4v) is 2.89. The van der Waals surface area contributed by atoms with Crippen LogP contribution >= 0.6 is 47.0 Å². The highest BCUT2D eigenvalue weighted by molar-refractivity contribution is 7.80. The lowest BCUT2D eigenvalue weighted by molar-refractivity contribution is 0.0930. The molecule has 1 atom stereocenters. The maximum atomic E-state index is 12.6. The highest BCUT2D eigenvalue weighted by Gasteiger charge is 2.35. The van der Waals surface area contributed by atoms with E-state index in [1.165, 1.54) is 14.0 Å². The average Bonchev–Trinajstić information content (AvgIpc) is 2.67. The number of carbonyl (C=O) groups is 2. The summed E-state index contributed by atoms with van der Waals surface area (Å²) in [4.78, 5) is 24.0. The summed E-state index contributed by atoms with van der Waals surface area (Å²) in [5.74, 6) is -0.188. The number of methoxy groups -OCH3 is 1. The zero-order chi connectivity index (χ0) is 21.6. The summed E-state index contributed by atoms with van der Waals surface area (Å²) in [7, 11) is 1.45. The highest BCUT2D eigenvalue weighted by Crippen LogP contribution is 2.30. The molecular weight excluding hydrogens is 457 g/mol. The number of halogens is 3. The number of nitrogens with one attached hydrogen (secondary N) is 3. The quantitative estimate of drug-likeness (QED) is 0.251. The molecule has 1 amide bonds. The van der Waals surface area contributed by atoms with Crippen molar-refractivity contribution < 1.29 is 14.3 Å². The van der Waals surface area contributed by atoms with Crippen LogP contribution in [-0.2, 0) is 0 Å². The zero-order valence-electron chi connectivity index (χ0n) is 15.5. The molecule has 0 heterocycles. The topological polar surface area (TPSA) is 79.5 Å². The fraction of sp³-hybridized carbons (Fsp3) is 0.211. The first-order valence-electron chi connectivity index (χ1n) is 8.31. The molecule has 0 fully saturated rings. The second-order valence-corrected chi connectivity index (χ2v) is 8.66. The number of anilines is 1. The van der Waals surface area contributed by atoms with Gasteiger partial charge in [-0.2, -0.15) is 0 Å². The van der Waals surface area contributed by atoms with Gasteiger partial charge in [-0.1, -0.05) is 46.9 Å². The second-order valence-electron chi connectivity index (χ2n) is 5.88. The summed E-state index contributed by atoms with van der Waals surface area (Å²) in [6, 6.07) is 13.3. The van der Waals surface area contributed by atoms with Gasteiger partial charge in [-0.3, -0.25) is 9.59 Å². The summed E-state index contributed by atoms with van der Waals surface area (Å²) in [6.07, 6.45) is -1.14. The van der Waals surface area contributed by atoms with E-state index in [1.807, 2.05) is 0 Å². The number of hydrogen-bond acceptors (Lipinski definition) is 4. The summed E-state index contributed by atoms with van der Waals surface area (Å²) in [5.41, 5.74) is 1.46. The molecule has 0 aliphatic carbocycles. The molecule has 0 unspecified atom stereocenters. The Morgan fingerprint density at radius 2 is 1.66 bits per heavy atom. The first-order valence-corrected chi connectivity index (χ1v) is 9.85. The number of thiocarbonyl (C=S) groups is 1. The Hall–Kier alpha value is -2.06. The van der Waals surface area contributed by atoms with E-state index in [9.17, 15) is 9.59 Å².